The summed E-state index contributed by atoms with van der Waals surface area (Å²) in [7, 11) is 0. The minimum Gasteiger partial charge on any atom is -0.389 e. The lowest BCUT2D eigenvalue weighted by atomic mass is 9.98. The Morgan fingerprint density at radius 3 is 2.00 bits per heavy atom. The van der Waals surface area contributed by atoms with E-state index in [1.165, 1.54) is 0 Å². The maximum atomic E-state index is 11.7. The van der Waals surface area contributed by atoms with Crippen molar-refractivity contribution in [1.29, 1.82) is 0 Å². The Morgan fingerprint density at radius 1 is 1.14 bits per heavy atom. The topological polar surface area (TPSA) is 32.3 Å². The molecule has 0 amide bonds. The van der Waals surface area contributed by atoms with E-state index in [2.05, 4.69) is 5.32 Å². The monoisotopic (exact) mass is 213 g/mol. The van der Waals surface area contributed by atoms with Crippen LogP contribution in [0.3, 0.4) is 0 Å². The van der Waals surface area contributed by atoms with Crippen LogP contribution in [0.15, 0.2) is 0 Å². The second kappa shape index (κ2) is 5.56. The van der Waals surface area contributed by atoms with Gasteiger partial charge in [-0.15, -0.1) is 0 Å². The zero-order chi connectivity index (χ0) is 11.2. The third-order valence-electron chi connectivity index (χ3n) is 2.36. The predicted octanol–water partition coefficient (Wildman–Crippen LogP) is 2.08. The van der Waals surface area contributed by atoms with Gasteiger partial charge in [0, 0.05) is 13.1 Å². The number of nitrogens with one attached hydrogen (secondary N) is 1. The Hall–Kier alpha value is -0.290. The summed E-state index contributed by atoms with van der Waals surface area (Å²) in [6.45, 7) is 3.71. The van der Waals surface area contributed by atoms with Crippen LogP contribution in [-0.2, 0) is 0 Å². The van der Waals surface area contributed by atoms with Gasteiger partial charge in [0.15, 0.2) is 0 Å². The predicted molar refractivity (Wildman–Crippen MR) is 49.1 cm³/mol. The smallest absolute Gasteiger partial charge is 0.389 e. The van der Waals surface area contributed by atoms with Gasteiger partial charge in [0.05, 0.1) is 12.0 Å². The Morgan fingerprint density at radius 2 is 1.64 bits per heavy atom. The molecule has 0 heterocycles. The molecular formula is C9H18F3NO. The molecule has 86 valence electrons. The van der Waals surface area contributed by atoms with E-state index in [1.54, 1.807) is 0 Å². The van der Waals surface area contributed by atoms with Crippen molar-refractivity contribution in [3.05, 3.63) is 0 Å². The van der Waals surface area contributed by atoms with Gasteiger partial charge in [-0.2, -0.15) is 13.2 Å². The van der Waals surface area contributed by atoms with E-state index < -0.39 is 18.2 Å². The van der Waals surface area contributed by atoms with Crippen molar-refractivity contribution >= 4 is 0 Å². The zero-order valence-electron chi connectivity index (χ0n) is 8.62. The lowest BCUT2D eigenvalue weighted by Crippen LogP contribution is -2.40. The summed E-state index contributed by atoms with van der Waals surface area (Å²) >= 11 is 0. The molecular weight excluding hydrogens is 195 g/mol. The summed E-state index contributed by atoms with van der Waals surface area (Å²) in [5.41, 5.74) is -0.869. The van der Waals surface area contributed by atoms with Gasteiger partial charge in [-0.25, -0.2) is 0 Å². The molecule has 0 aromatic heterocycles. The van der Waals surface area contributed by atoms with Crippen LogP contribution in [0.2, 0.25) is 0 Å². The van der Waals surface area contributed by atoms with E-state index in [0.717, 1.165) is 0 Å². The Labute approximate surface area is 82.5 Å². The molecule has 0 aromatic carbocycles. The quantitative estimate of drug-likeness (QED) is 0.662. The van der Waals surface area contributed by atoms with Crippen molar-refractivity contribution in [2.75, 3.05) is 13.1 Å². The van der Waals surface area contributed by atoms with Gasteiger partial charge in [-0.1, -0.05) is 13.8 Å². The largest absolute Gasteiger partial charge is 0.390 e. The Balaban J connectivity index is 3.63. The average molecular weight is 213 g/mol. The number of alkyl halides is 3. The molecule has 14 heavy (non-hydrogen) atoms. The first kappa shape index (κ1) is 13.7. The Kier molecular flexibility index (Phi) is 5.44. The molecule has 0 radical (unpaired) electrons. The highest BCUT2D eigenvalue weighted by atomic mass is 19.4. The third-order valence-corrected chi connectivity index (χ3v) is 2.36. The van der Waals surface area contributed by atoms with E-state index >= 15 is 0 Å². The van der Waals surface area contributed by atoms with Crippen molar-refractivity contribution < 1.29 is 18.3 Å². The van der Waals surface area contributed by atoms with Gasteiger partial charge in [-0.3, -0.25) is 0 Å². The maximum absolute atomic E-state index is 11.7. The highest BCUT2D eigenvalue weighted by Gasteiger charge is 2.27. The summed E-state index contributed by atoms with van der Waals surface area (Å²) in [5, 5.41) is 12.3. The molecule has 0 atom stereocenters. The van der Waals surface area contributed by atoms with Crippen molar-refractivity contribution in [3.8, 4) is 0 Å². The highest BCUT2D eigenvalue weighted by Crippen LogP contribution is 2.18. The summed E-state index contributed by atoms with van der Waals surface area (Å²) in [6, 6.07) is 0. The standard InChI is InChI=1S/C9H18F3NO/c1-3-8(14,4-2)7-13-6-5-9(10,11)12/h13-14H,3-7H2,1-2H3. The van der Waals surface area contributed by atoms with E-state index in [0.29, 0.717) is 12.8 Å². The second-order valence-corrected chi connectivity index (χ2v) is 3.47. The first-order valence-electron chi connectivity index (χ1n) is 4.83. The summed E-state index contributed by atoms with van der Waals surface area (Å²) in [6.07, 6.45) is -3.88. The van der Waals surface area contributed by atoms with E-state index in [1.807, 2.05) is 13.8 Å². The van der Waals surface area contributed by atoms with Crippen molar-refractivity contribution in [3.63, 3.8) is 0 Å². The molecule has 0 aromatic rings. The van der Waals surface area contributed by atoms with Crippen LogP contribution in [-0.4, -0.2) is 30.0 Å². The van der Waals surface area contributed by atoms with Gasteiger partial charge in [0.2, 0.25) is 0 Å². The number of aliphatic hydroxyl groups is 1. The fourth-order valence-corrected chi connectivity index (χ4v) is 1.05. The molecule has 0 unspecified atom stereocenters. The SMILES string of the molecule is CCC(O)(CC)CNCCC(F)(F)F. The van der Waals surface area contributed by atoms with Crippen molar-refractivity contribution in [2.24, 2.45) is 0 Å². The summed E-state index contributed by atoms with van der Waals surface area (Å²) in [5.74, 6) is 0. The molecule has 5 heteroatoms. The number of hydrogen-bond donors (Lipinski definition) is 2. The molecule has 0 bridgehead atoms. The molecule has 0 fully saturated rings. The maximum Gasteiger partial charge on any atom is 0.390 e. The van der Waals surface area contributed by atoms with Crippen LogP contribution >= 0.6 is 0 Å². The number of halogens is 3. The van der Waals surface area contributed by atoms with Crippen molar-refractivity contribution in [1.82, 2.24) is 5.32 Å². The fraction of sp³-hybridized carbons (Fsp3) is 1.00. The average Bonchev–Trinajstić information content (AvgIpc) is 2.11. The van der Waals surface area contributed by atoms with Gasteiger partial charge in [0.1, 0.15) is 0 Å². The molecule has 0 aliphatic heterocycles. The van der Waals surface area contributed by atoms with E-state index in [9.17, 15) is 18.3 Å². The van der Waals surface area contributed by atoms with Crippen LogP contribution in [0.25, 0.3) is 0 Å². The Bertz CT molecular complexity index is 155. The molecule has 0 saturated heterocycles. The number of rotatable bonds is 6. The van der Waals surface area contributed by atoms with Crippen LogP contribution in [0.5, 0.6) is 0 Å². The molecule has 2 N–H and O–H groups in total. The minimum absolute atomic E-state index is 0.133. The van der Waals surface area contributed by atoms with E-state index in [4.69, 9.17) is 0 Å². The molecule has 0 spiro atoms. The van der Waals surface area contributed by atoms with Crippen molar-refractivity contribution in [2.45, 2.75) is 44.9 Å². The normalized spacial score (nSPS) is 13.3. The molecule has 0 aliphatic carbocycles. The van der Waals surface area contributed by atoms with Gasteiger partial charge >= 0.3 is 6.18 Å². The first-order valence-corrected chi connectivity index (χ1v) is 4.83. The molecule has 0 saturated carbocycles. The lowest BCUT2D eigenvalue weighted by molar-refractivity contribution is -0.133. The first-order chi connectivity index (χ1) is 6.33. The lowest BCUT2D eigenvalue weighted by Gasteiger charge is -2.25. The van der Waals surface area contributed by atoms with Gasteiger partial charge in [0.25, 0.3) is 0 Å². The van der Waals surface area contributed by atoms with Gasteiger partial charge in [-0.05, 0) is 12.8 Å². The highest BCUT2D eigenvalue weighted by molar-refractivity contribution is 4.77. The summed E-state index contributed by atoms with van der Waals surface area (Å²) < 4.78 is 35.2. The summed E-state index contributed by atoms with van der Waals surface area (Å²) in [4.78, 5) is 0. The minimum atomic E-state index is -4.12. The van der Waals surface area contributed by atoms with E-state index in [-0.39, 0.29) is 13.1 Å². The molecule has 0 rings (SSSR count). The third kappa shape index (κ3) is 6.21. The zero-order valence-corrected chi connectivity index (χ0v) is 8.62. The van der Waals surface area contributed by atoms with Crippen LogP contribution < -0.4 is 5.32 Å². The van der Waals surface area contributed by atoms with Crippen LogP contribution in [0.1, 0.15) is 33.1 Å². The van der Waals surface area contributed by atoms with Crippen LogP contribution in [0.4, 0.5) is 13.2 Å². The second-order valence-electron chi connectivity index (χ2n) is 3.47. The molecule has 0 aliphatic rings. The van der Waals surface area contributed by atoms with Crippen LogP contribution in [0, 0.1) is 0 Å². The number of hydrogen-bond acceptors (Lipinski definition) is 2. The van der Waals surface area contributed by atoms with Gasteiger partial charge < -0.3 is 10.4 Å². The molecule has 2 nitrogen and oxygen atoms in total. The fourth-order valence-electron chi connectivity index (χ4n) is 1.05.